The lowest BCUT2D eigenvalue weighted by atomic mass is 9.92. The van der Waals surface area contributed by atoms with Crippen molar-refractivity contribution in [3.05, 3.63) is 101 Å². The van der Waals surface area contributed by atoms with Crippen molar-refractivity contribution < 1.29 is 43.2 Å². The molecule has 5 aromatic rings. The molecule has 0 bridgehead atoms. The van der Waals surface area contributed by atoms with Crippen molar-refractivity contribution in [1.82, 2.24) is 4.90 Å². The van der Waals surface area contributed by atoms with Crippen LogP contribution in [0.4, 0.5) is 0 Å². The number of ketones is 2. The fourth-order valence-electron chi connectivity index (χ4n) is 6.09. The summed E-state index contributed by atoms with van der Waals surface area (Å²) in [6, 6.07) is 24.4. The van der Waals surface area contributed by atoms with Gasteiger partial charge in [0.25, 0.3) is 11.8 Å². The second-order valence-electron chi connectivity index (χ2n) is 12.1. The summed E-state index contributed by atoms with van der Waals surface area (Å²) >= 11 is 5.05. The highest BCUT2D eigenvalue weighted by atomic mass is 79.9. The molecule has 1 saturated carbocycles. The largest absolute Gasteiger partial charge is 0.508 e. The van der Waals surface area contributed by atoms with Crippen LogP contribution in [0.15, 0.2) is 89.4 Å². The van der Waals surface area contributed by atoms with Crippen molar-refractivity contribution in [1.29, 1.82) is 0 Å². The maximum Gasteiger partial charge on any atom is 0.262 e. The van der Waals surface area contributed by atoms with Crippen LogP contribution in [-0.2, 0) is 14.3 Å². The number of phenols is 1. The average Bonchev–Trinajstić information content (AvgIpc) is 3.59. The van der Waals surface area contributed by atoms with Crippen LogP contribution in [-0.4, -0.2) is 65.9 Å². The summed E-state index contributed by atoms with van der Waals surface area (Å²) in [5.74, 6) is 1.06. The molecule has 10 nitrogen and oxygen atoms in total. The van der Waals surface area contributed by atoms with Gasteiger partial charge in [-0.15, -0.1) is 11.3 Å². The molecule has 2 heterocycles. The van der Waals surface area contributed by atoms with E-state index in [2.05, 4.69) is 15.9 Å². The monoisotopic (exact) mass is 769 g/mol. The third-order valence-electron chi connectivity index (χ3n) is 8.62. The summed E-state index contributed by atoms with van der Waals surface area (Å²) in [6.07, 6.45) is 0.676. The van der Waals surface area contributed by atoms with Gasteiger partial charge in [0.2, 0.25) is 0 Å². The molecule has 260 valence electrons. The number of carbonyl (C=O) groups excluding carboxylic acids is 4. The fourth-order valence-corrected chi connectivity index (χ4v) is 7.52. The molecule has 1 atom stereocenters. The first kappa shape index (κ1) is 34.4. The van der Waals surface area contributed by atoms with E-state index in [4.69, 9.17) is 18.9 Å². The Morgan fingerprint density at radius 1 is 0.765 bits per heavy atom. The van der Waals surface area contributed by atoms with Gasteiger partial charge in [0.05, 0.1) is 41.7 Å². The van der Waals surface area contributed by atoms with Gasteiger partial charge in [-0.05, 0) is 84.8 Å². The van der Waals surface area contributed by atoms with E-state index in [-0.39, 0.29) is 41.9 Å². The summed E-state index contributed by atoms with van der Waals surface area (Å²) in [4.78, 5) is 51.9. The second-order valence-corrected chi connectivity index (χ2v) is 14.1. The molecule has 0 spiro atoms. The summed E-state index contributed by atoms with van der Waals surface area (Å²) < 4.78 is 25.6. The van der Waals surface area contributed by atoms with Crippen LogP contribution >= 0.6 is 27.3 Å². The first-order valence-corrected chi connectivity index (χ1v) is 18.0. The second kappa shape index (κ2) is 15.1. The van der Waals surface area contributed by atoms with Crippen molar-refractivity contribution in [2.45, 2.75) is 31.7 Å². The molecule has 1 aliphatic carbocycles. The third kappa shape index (κ3) is 7.53. The van der Waals surface area contributed by atoms with E-state index in [9.17, 15) is 24.3 Å². The Balaban J connectivity index is 0.851. The zero-order chi connectivity index (χ0) is 35.5. The number of imide groups is 1. The summed E-state index contributed by atoms with van der Waals surface area (Å²) in [7, 11) is 0. The van der Waals surface area contributed by atoms with Crippen LogP contribution in [0.5, 0.6) is 28.7 Å². The molecule has 0 radical (unpaired) electrons. The summed E-state index contributed by atoms with van der Waals surface area (Å²) in [5.41, 5.74) is 1.44. The zero-order valence-electron chi connectivity index (χ0n) is 27.3. The first-order valence-electron chi connectivity index (χ1n) is 16.4. The SMILES string of the molecule is O=C1CCC(N2C(=O)c3ccc(OCCCOCCOc4ccc(Oc5c(-c6ccc(Br)cc6)sc6cc(O)ccc56)cc4)cc3C2=O)C(=O)C1. The number of benzene rings is 4. The number of nitrogens with zero attached hydrogens (tertiary/aromatic N) is 1. The Kier molecular flexibility index (Phi) is 10.2. The molecule has 4 aromatic carbocycles. The maximum absolute atomic E-state index is 13.0. The lowest BCUT2D eigenvalue weighted by Gasteiger charge is -2.27. The number of fused-ring (bicyclic) bond motifs is 2. The van der Waals surface area contributed by atoms with Crippen molar-refractivity contribution >= 4 is 60.7 Å². The van der Waals surface area contributed by atoms with Gasteiger partial charge in [0.15, 0.2) is 11.5 Å². The van der Waals surface area contributed by atoms with E-state index in [0.29, 0.717) is 50.1 Å². The van der Waals surface area contributed by atoms with E-state index in [1.165, 1.54) is 12.1 Å². The highest BCUT2D eigenvalue weighted by molar-refractivity contribution is 9.10. The number of carbonyl (C=O) groups is 4. The fraction of sp³-hybridized carbons (Fsp3) is 0.231. The topological polar surface area (TPSA) is 129 Å². The molecule has 12 heteroatoms. The number of aromatic hydroxyl groups is 1. The van der Waals surface area contributed by atoms with Gasteiger partial charge in [-0.1, -0.05) is 28.1 Å². The summed E-state index contributed by atoms with van der Waals surface area (Å²) in [6.45, 7) is 1.49. The molecule has 1 unspecified atom stereocenters. The lowest BCUT2D eigenvalue weighted by Crippen LogP contribution is -2.47. The Morgan fingerprint density at radius 3 is 2.27 bits per heavy atom. The van der Waals surface area contributed by atoms with Gasteiger partial charge in [0, 0.05) is 34.0 Å². The smallest absolute Gasteiger partial charge is 0.262 e. The van der Waals surface area contributed by atoms with Crippen molar-refractivity contribution in [3.8, 4) is 39.2 Å². The quantitative estimate of drug-likeness (QED) is 0.0720. The Bertz CT molecular complexity index is 2130. The Labute approximate surface area is 305 Å². The molecule has 1 aliphatic heterocycles. The van der Waals surface area contributed by atoms with Crippen LogP contribution in [0.1, 0.15) is 46.4 Å². The predicted octanol–water partition coefficient (Wildman–Crippen LogP) is 7.98. The van der Waals surface area contributed by atoms with Crippen LogP contribution in [0, 0.1) is 0 Å². The van der Waals surface area contributed by atoms with Gasteiger partial charge in [-0.2, -0.15) is 0 Å². The molecular weight excluding hydrogens is 738 g/mol. The normalized spacial score (nSPS) is 15.8. The molecule has 0 saturated heterocycles. The molecule has 1 aromatic heterocycles. The first-order chi connectivity index (χ1) is 24.7. The number of ether oxygens (including phenoxy) is 4. The number of hydrogen-bond donors (Lipinski definition) is 1. The molecular formula is C39H32BrNO9S. The van der Waals surface area contributed by atoms with Crippen molar-refractivity contribution in [2.75, 3.05) is 26.4 Å². The molecule has 1 N–H and O–H groups in total. The number of rotatable bonds is 13. The third-order valence-corrected chi connectivity index (χ3v) is 10.3. The lowest BCUT2D eigenvalue weighted by molar-refractivity contribution is -0.132. The predicted molar refractivity (Wildman–Crippen MR) is 194 cm³/mol. The summed E-state index contributed by atoms with van der Waals surface area (Å²) in [5, 5.41) is 10.9. The minimum atomic E-state index is -0.902. The Morgan fingerprint density at radius 2 is 1.49 bits per heavy atom. The van der Waals surface area contributed by atoms with E-state index in [1.807, 2.05) is 54.6 Å². The van der Waals surface area contributed by atoms with Crippen LogP contribution in [0.3, 0.4) is 0 Å². The number of thiophene rings is 1. The number of phenolic OH excluding ortho intramolecular Hbond substituents is 1. The van der Waals surface area contributed by atoms with E-state index < -0.39 is 23.6 Å². The minimum Gasteiger partial charge on any atom is -0.508 e. The molecule has 7 rings (SSSR count). The number of hydrogen-bond acceptors (Lipinski definition) is 10. The standard InChI is InChI=1S/C39H32BrNO9S/c40-24-4-2-23(3-5-24)37-36(31-13-6-26(43)21-35(31)51-37)50-28-10-8-27(9-11-28)49-19-18-47-16-1-17-48-29-12-14-30-32(22-29)39(46)41(38(30)45)33-15-7-25(42)20-34(33)44/h2-6,8-14,21-22,33,43H,1,7,15-20H2. The van der Waals surface area contributed by atoms with E-state index >= 15 is 0 Å². The number of halogens is 1. The number of amides is 2. The van der Waals surface area contributed by atoms with Crippen LogP contribution in [0.2, 0.25) is 0 Å². The van der Waals surface area contributed by atoms with Gasteiger partial charge < -0.3 is 24.1 Å². The molecule has 2 aliphatic rings. The highest BCUT2D eigenvalue weighted by Gasteiger charge is 2.44. The minimum absolute atomic E-state index is 0.162. The molecule has 2 amide bonds. The van der Waals surface area contributed by atoms with E-state index in [0.717, 1.165) is 35.6 Å². The maximum atomic E-state index is 13.0. The zero-order valence-corrected chi connectivity index (χ0v) is 29.7. The Hall–Kier alpha value is -5.04. The molecule has 1 fully saturated rings. The van der Waals surface area contributed by atoms with Gasteiger partial charge in [0.1, 0.15) is 35.4 Å². The van der Waals surface area contributed by atoms with Crippen LogP contribution in [0.25, 0.3) is 20.5 Å². The van der Waals surface area contributed by atoms with Crippen LogP contribution < -0.4 is 14.2 Å². The highest BCUT2D eigenvalue weighted by Crippen LogP contribution is 2.47. The van der Waals surface area contributed by atoms with Crippen molar-refractivity contribution in [3.63, 3.8) is 0 Å². The number of Topliss-reactive ketones (excluding diaryl/α,β-unsaturated/α-hetero) is 2. The van der Waals surface area contributed by atoms with Crippen molar-refractivity contribution in [2.24, 2.45) is 0 Å². The average molecular weight is 771 g/mol. The van der Waals surface area contributed by atoms with Gasteiger partial charge >= 0.3 is 0 Å². The van der Waals surface area contributed by atoms with E-state index in [1.54, 1.807) is 29.5 Å². The van der Waals surface area contributed by atoms with Gasteiger partial charge in [-0.3, -0.25) is 24.1 Å². The van der Waals surface area contributed by atoms with Gasteiger partial charge in [-0.25, -0.2) is 0 Å². The molecule has 51 heavy (non-hydrogen) atoms.